The summed E-state index contributed by atoms with van der Waals surface area (Å²) in [5.41, 5.74) is 7.55. The topological polar surface area (TPSA) is 57.1 Å². The lowest BCUT2D eigenvalue weighted by atomic mass is 9.82. The average Bonchev–Trinajstić information content (AvgIpc) is 3.31. The van der Waals surface area contributed by atoms with Crippen LogP contribution in [0.4, 0.5) is 0 Å². The Morgan fingerprint density at radius 2 is 1.09 bits per heavy atom. The predicted molar refractivity (Wildman–Crippen MR) is 178 cm³/mol. The van der Waals surface area contributed by atoms with Crippen LogP contribution in [0.5, 0.6) is 23.0 Å². The molecule has 6 aromatic carbocycles. The number of ether oxygens (including phenoxy) is 2. The average molecular weight is 582 g/mol. The van der Waals surface area contributed by atoms with E-state index in [1.54, 1.807) is 0 Å². The molecule has 1 aliphatic carbocycles. The van der Waals surface area contributed by atoms with Gasteiger partial charge in [-0.2, -0.15) is 0 Å². The van der Waals surface area contributed by atoms with Crippen LogP contribution in [0, 0.1) is 0 Å². The number of fused-ring (bicyclic) bond motifs is 6. The number of aromatic nitrogens is 3. The van der Waals surface area contributed by atoms with Gasteiger partial charge in [0.05, 0.1) is 0 Å². The van der Waals surface area contributed by atoms with Crippen LogP contribution in [0.15, 0.2) is 127 Å². The van der Waals surface area contributed by atoms with Gasteiger partial charge >= 0.3 is 0 Å². The Bertz CT molecular complexity index is 2310. The summed E-state index contributed by atoms with van der Waals surface area (Å²) in [6.45, 7) is 4.53. The summed E-state index contributed by atoms with van der Waals surface area (Å²) in [6.07, 6.45) is 0. The first-order chi connectivity index (χ1) is 22.0. The van der Waals surface area contributed by atoms with Gasteiger partial charge in [-0.05, 0) is 63.4 Å². The van der Waals surface area contributed by atoms with E-state index in [2.05, 4.69) is 74.5 Å². The van der Waals surface area contributed by atoms with Crippen LogP contribution in [-0.4, -0.2) is 15.0 Å². The van der Waals surface area contributed by atoms with E-state index >= 15 is 0 Å². The summed E-state index contributed by atoms with van der Waals surface area (Å²) in [4.78, 5) is 14.9. The fourth-order valence-electron chi connectivity index (χ4n) is 6.68. The highest BCUT2D eigenvalue weighted by atomic mass is 16.6. The van der Waals surface area contributed by atoms with Gasteiger partial charge in [0.15, 0.2) is 40.5 Å². The van der Waals surface area contributed by atoms with E-state index in [1.807, 2.05) is 66.7 Å². The number of rotatable bonds is 3. The summed E-state index contributed by atoms with van der Waals surface area (Å²) in [5.74, 6) is 4.49. The molecule has 0 N–H and O–H groups in total. The van der Waals surface area contributed by atoms with E-state index in [1.165, 1.54) is 22.3 Å². The summed E-state index contributed by atoms with van der Waals surface area (Å²) in [5, 5.41) is 2.22. The van der Waals surface area contributed by atoms with Gasteiger partial charge in [0.25, 0.3) is 0 Å². The van der Waals surface area contributed by atoms with Gasteiger partial charge in [-0.1, -0.05) is 111 Å². The van der Waals surface area contributed by atoms with Crippen molar-refractivity contribution in [1.82, 2.24) is 15.0 Å². The summed E-state index contributed by atoms with van der Waals surface area (Å²) in [6, 6.07) is 43.2. The zero-order chi connectivity index (χ0) is 30.1. The summed E-state index contributed by atoms with van der Waals surface area (Å²) < 4.78 is 13.0. The molecule has 0 radical (unpaired) electrons. The van der Waals surface area contributed by atoms with Crippen molar-refractivity contribution in [2.75, 3.05) is 0 Å². The van der Waals surface area contributed by atoms with Crippen LogP contribution in [0.1, 0.15) is 25.0 Å². The zero-order valence-electron chi connectivity index (χ0n) is 24.8. The van der Waals surface area contributed by atoms with Crippen LogP contribution in [0.3, 0.4) is 0 Å². The Balaban J connectivity index is 1.16. The highest BCUT2D eigenvalue weighted by Gasteiger charge is 2.37. The fraction of sp³-hybridized carbons (Fsp3) is 0.0750. The molecule has 1 aromatic heterocycles. The molecule has 0 spiro atoms. The number of hydrogen-bond acceptors (Lipinski definition) is 5. The van der Waals surface area contributed by atoms with Crippen molar-refractivity contribution in [3.8, 4) is 68.3 Å². The zero-order valence-corrected chi connectivity index (χ0v) is 24.8. The van der Waals surface area contributed by atoms with Gasteiger partial charge < -0.3 is 9.47 Å². The van der Waals surface area contributed by atoms with E-state index in [0.717, 1.165) is 33.2 Å². The molecule has 5 nitrogen and oxygen atoms in total. The highest BCUT2D eigenvalue weighted by Crippen LogP contribution is 2.55. The van der Waals surface area contributed by atoms with Gasteiger partial charge in [0.1, 0.15) is 0 Å². The normalized spacial score (nSPS) is 13.6. The Morgan fingerprint density at radius 3 is 1.98 bits per heavy atom. The van der Waals surface area contributed by atoms with Crippen LogP contribution in [0.25, 0.3) is 56.1 Å². The Morgan fingerprint density at radius 1 is 0.444 bits per heavy atom. The molecule has 2 heterocycles. The largest absolute Gasteiger partial charge is 0.450 e. The van der Waals surface area contributed by atoms with Crippen molar-refractivity contribution >= 4 is 10.8 Å². The molecule has 5 heteroatoms. The quantitative estimate of drug-likeness (QED) is 0.208. The first-order valence-corrected chi connectivity index (χ1v) is 15.1. The van der Waals surface area contributed by atoms with Gasteiger partial charge in [-0.25, -0.2) is 15.0 Å². The van der Waals surface area contributed by atoms with Crippen LogP contribution < -0.4 is 9.47 Å². The predicted octanol–water partition coefficient (Wildman–Crippen LogP) is 10.2. The van der Waals surface area contributed by atoms with Crippen molar-refractivity contribution in [3.63, 3.8) is 0 Å². The number of benzene rings is 6. The van der Waals surface area contributed by atoms with E-state index in [9.17, 15) is 0 Å². The minimum absolute atomic E-state index is 0.120. The second-order valence-electron chi connectivity index (χ2n) is 12.1. The monoisotopic (exact) mass is 581 g/mol. The van der Waals surface area contributed by atoms with Gasteiger partial charge in [0.2, 0.25) is 0 Å². The fourth-order valence-corrected chi connectivity index (χ4v) is 6.68. The molecule has 0 bridgehead atoms. The molecule has 0 amide bonds. The number of hydrogen-bond donors (Lipinski definition) is 0. The van der Waals surface area contributed by atoms with Crippen LogP contribution in [0.2, 0.25) is 0 Å². The third-order valence-electron chi connectivity index (χ3n) is 8.99. The third kappa shape index (κ3) is 4.05. The molecule has 45 heavy (non-hydrogen) atoms. The second-order valence-corrected chi connectivity index (χ2v) is 12.1. The molecule has 7 aromatic rings. The second kappa shape index (κ2) is 9.60. The lowest BCUT2D eigenvalue weighted by Gasteiger charge is -2.25. The third-order valence-corrected chi connectivity index (χ3v) is 8.99. The lowest BCUT2D eigenvalue weighted by Crippen LogP contribution is -2.15. The molecule has 1 aliphatic heterocycles. The maximum Gasteiger partial charge on any atom is 0.170 e. The minimum atomic E-state index is -0.120. The molecular weight excluding hydrogens is 554 g/mol. The van der Waals surface area contributed by atoms with Gasteiger partial charge in [-0.15, -0.1) is 0 Å². The minimum Gasteiger partial charge on any atom is -0.450 e. The van der Waals surface area contributed by atoms with E-state index in [0.29, 0.717) is 34.7 Å². The van der Waals surface area contributed by atoms with E-state index in [-0.39, 0.29) is 5.41 Å². The maximum atomic E-state index is 6.54. The molecule has 0 saturated carbocycles. The van der Waals surface area contributed by atoms with Gasteiger partial charge in [-0.3, -0.25) is 0 Å². The summed E-state index contributed by atoms with van der Waals surface area (Å²) >= 11 is 0. The first-order valence-electron chi connectivity index (χ1n) is 15.1. The maximum absolute atomic E-state index is 6.54. The number of nitrogens with zero attached hydrogens (tertiary/aromatic N) is 3. The van der Waals surface area contributed by atoms with Crippen molar-refractivity contribution < 1.29 is 9.47 Å². The molecule has 9 rings (SSSR count). The molecule has 0 atom stereocenters. The molecular formula is C40H27N3O2. The van der Waals surface area contributed by atoms with Crippen molar-refractivity contribution in [2.45, 2.75) is 19.3 Å². The molecule has 2 aliphatic rings. The van der Waals surface area contributed by atoms with Crippen molar-refractivity contribution in [2.24, 2.45) is 0 Å². The first kappa shape index (κ1) is 25.7. The summed E-state index contributed by atoms with van der Waals surface area (Å²) in [7, 11) is 0. The Hall–Kier alpha value is -5.81. The SMILES string of the molecule is CC1(C)c2ccccc2-c2cc3c(cc21)Oc1ccc(-c2nc(-c4ccccc4)nc(-c4cccc5ccccc45)n2)cc1O3. The van der Waals surface area contributed by atoms with E-state index < -0.39 is 0 Å². The lowest BCUT2D eigenvalue weighted by molar-refractivity contribution is 0.359. The molecule has 0 unspecified atom stereocenters. The van der Waals surface area contributed by atoms with Crippen molar-refractivity contribution in [1.29, 1.82) is 0 Å². The molecule has 0 fully saturated rings. The van der Waals surface area contributed by atoms with Gasteiger partial charge in [0, 0.05) is 22.1 Å². The Kier molecular flexibility index (Phi) is 5.47. The molecule has 214 valence electrons. The van der Waals surface area contributed by atoms with E-state index in [4.69, 9.17) is 24.4 Å². The Labute approximate surface area is 260 Å². The standard InChI is InChI=1S/C40H27N3O2/c1-40(2)31-18-9-8-16-28(31)30-22-35-36(23-32(30)40)44-33-20-19-26(21-34(33)45-35)38-41-37(25-12-4-3-5-13-25)42-39(43-38)29-17-10-14-24-11-6-7-15-27(24)29/h3-23H,1-2H3. The van der Waals surface area contributed by atoms with Crippen LogP contribution in [-0.2, 0) is 5.41 Å². The highest BCUT2D eigenvalue weighted by molar-refractivity contribution is 5.95. The molecule has 0 saturated heterocycles. The van der Waals surface area contributed by atoms with Crippen molar-refractivity contribution in [3.05, 3.63) is 139 Å². The van der Waals surface area contributed by atoms with Crippen LogP contribution >= 0.6 is 0 Å². The smallest absolute Gasteiger partial charge is 0.170 e.